The Morgan fingerprint density at radius 2 is 2.04 bits per heavy atom. The Bertz CT molecular complexity index is 1120. The second kappa shape index (κ2) is 7.53. The lowest BCUT2D eigenvalue weighted by atomic mass is 9.98. The number of hydrogen-bond acceptors (Lipinski definition) is 4. The van der Waals surface area contributed by atoms with Crippen LogP contribution in [-0.4, -0.2) is 28.7 Å². The Hall–Kier alpha value is -2.44. The van der Waals surface area contributed by atoms with Gasteiger partial charge >= 0.3 is 0 Å². The summed E-state index contributed by atoms with van der Waals surface area (Å²) >= 11 is 10.0. The van der Waals surface area contributed by atoms with E-state index in [1.807, 2.05) is 48.5 Å². The van der Waals surface area contributed by atoms with E-state index in [0.717, 1.165) is 26.7 Å². The Morgan fingerprint density at radius 1 is 1.25 bits per heavy atom. The van der Waals surface area contributed by atoms with Crippen molar-refractivity contribution < 1.29 is 9.53 Å². The number of ether oxygens (including phenoxy) is 1. The van der Waals surface area contributed by atoms with E-state index in [1.165, 1.54) is 11.9 Å². The van der Waals surface area contributed by atoms with Crippen LogP contribution in [0.15, 0.2) is 58.1 Å². The van der Waals surface area contributed by atoms with Crippen molar-refractivity contribution in [3.05, 3.63) is 69.3 Å². The fraction of sp³-hybridized carbons (Fsp3) is 0.190. The first-order valence-electron chi connectivity index (χ1n) is 8.74. The van der Waals surface area contributed by atoms with E-state index >= 15 is 0 Å². The van der Waals surface area contributed by atoms with Gasteiger partial charge in [0, 0.05) is 28.8 Å². The van der Waals surface area contributed by atoms with Crippen LogP contribution in [0.3, 0.4) is 0 Å². The predicted molar refractivity (Wildman–Crippen MR) is 114 cm³/mol. The number of halogens is 2. The van der Waals surface area contributed by atoms with Gasteiger partial charge in [-0.25, -0.2) is 9.99 Å². The van der Waals surface area contributed by atoms with Crippen LogP contribution >= 0.6 is 27.5 Å². The lowest BCUT2D eigenvalue weighted by Crippen LogP contribution is -2.24. The number of aromatic nitrogens is 1. The highest BCUT2D eigenvalue weighted by Crippen LogP contribution is 2.38. The van der Waals surface area contributed by atoms with Gasteiger partial charge in [0.1, 0.15) is 16.4 Å². The minimum absolute atomic E-state index is 0.142. The molecular weight excluding hydrogens is 442 g/mol. The van der Waals surface area contributed by atoms with E-state index in [9.17, 15) is 4.79 Å². The molecule has 5 nitrogen and oxygen atoms in total. The molecule has 2 aromatic carbocycles. The third-order valence-electron chi connectivity index (χ3n) is 4.76. The summed E-state index contributed by atoms with van der Waals surface area (Å²) in [4.78, 5) is 16.8. The molecule has 0 aliphatic carbocycles. The number of rotatable bonds is 3. The number of carbonyl (C=O) groups excluding carboxylic acids is 1. The van der Waals surface area contributed by atoms with Crippen LogP contribution in [0, 0.1) is 0 Å². The van der Waals surface area contributed by atoms with Crippen molar-refractivity contribution in [3.63, 3.8) is 0 Å². The molecular formula is C21H17BrClN3O2. The van der Waals surface area contributed by atoms with Crippen molar-refractivity contribution in [2.75, 3.05) is 7.11 Å². The summed E-state index contributed by atoms with van der Waals surface area (Å²) in [5.41, 5.74) is 3.27. The smallest absolute Gasteiger partial charge is 0.240 e. The summed E-state index contributed by atoms with van der Waals surface area (Å²) in [6, 6.07) is 15.2. The average molecular weight is 459 g/mol. The number of hydrazone groups is 1. The maximum Gasteiger partial charge on any atom is 0.240 e. The molecule has 1 aromatic heterocycles. The third-order valence-corrected chi connectivity index (χ3v) is 5.56. The molecule has 0 unspecified atom stereocenters. The molecule has 2 heterocycles. The zero-order valence-electron chi connectivity index (χ0n) is 15.3. The van der Waals surface area contributed by atoms with Gasteiger partial charge in [-0.2, -0.15) is 5.10 Å². The van der Waals surface area contributed by atoms with Crippen LogP contribution < -0.4 is 4.74 Å². The molecule has 1 atom stereocenters. The van der Waals surface area contributed by atoms with Crippen LogP contribution in [0.1, 0.15) is 30.5 Å². The number of carbonyl (C=O) groups is 1. The third kappa shape index (κ3) is 3.38. The molecule has 0 fully saturated rings. The molecule has 0 spiro atoms. The van der Waals surface area contributed by atoms with Crippen molar-refractivity contribution in [2.24, 2.45) is 5.10 Å². The van der Waals surface area contributed by atoms with Gasteiger partial charge in [-0.3, -0.25) is 4.79 Å². The molecule has 1 aliphatic rings. The first kappa shape index (κ1) is 18.9. The molecule has 3 aromatic rings. The number of amides is 1. The van der Waals surface area contributed by atoms with E-state index in [4.69, 9.17) is 16.3 Å². The molecule has 4 rings (SSSR count). The summed E-state index contributed by atoms with van der Waals surface area (Å²) < 4.78 is 6.34. The van der Waals surface area contributed by atoms with Gasteiger partial charge in [0.2, 0.25) is 5.91 Å². The summed E-state index contributed by atoms with van der Waals surface area (Å²) in [7, 11) is 1.60. The molecule has 7 heteroatoms. The van der Waals surface area contributed by atoms with E-state index in [1.54, 1.807) is 7.11 Å². The first-order chi connectivity index (χ1) is 13.5. The number of nitrogens with zero attached hydrogens (tertiary/aromatic N) is 3. The van der Waals surface area contributed by atoms with Crippen molar-refractivity contribution in [1.82, 2.24) is 9.99 Å². The number of benzene rings is 2. The predicted octanol–water partition coefficient (Wildman–Crippen LogP) is 5.36. The Kier molecular flexibility index (Phi) is 5.08. The maximum atomic E-state index is 12.3. The average Bonchev–Trinajstić information content (AvgIpc) is 3.12. The zero-order valence-corrected chi connectivity index (χ0v) is 17.7. The van der Waals surface area contributed by atoms with Crippen LogP contribution in [0.2, 0.25) is 5.15 Å². The van der Waals surface area contributed by atoms with E-state index < -0.39 is 0 Å². The Balaban J connectivity index is 1.78. The minimum Gasteiger partial charge on any atom is -0.494 e. The fourth-order valence-electron chi connectivity index (χ4n) is 3.45. The van der Waals surface area contributed by atoms with Crippen molar-refractivity contribution >= 4 is 50.1 Å². The number of pyridine rings is 1. The first-order valence-corrected chi connectivity index (χ1v) is 9.91. The molecule has 28 heavy (non-hydrogen) atoms. The highest BCUT2D eigenvalue weighted by molar-refractivity contribution is 9.10. The fourth-order valence-corrected chi connectivity index (χ4v) is 4.11. The quantitative estimate of drug-likeness (QED) is 0.497. The molecule has 0 radical (unpaired) electrons. The van der Waals surface area contributed by atoms with E-state index in [0.29, 0.717) is 22.8 Å². The van der Waals surface area contributed by atoms with Crippen molar-refractivity contribution in [1.29, 1.82) is 0 Å². The van der Waals surface area contributed by atoms with E-state index in [2.05, 4.69) is 26.0 Å². The van der Waals surface area contributed by atoms with Gasteiger partial charge in [0.05, 0.1) is 18.9 Å². The Morgan fingerprint density at radius 3 is 2.75 bits per heavy atom. The molecule has 0 saturated carbocycles. The van der Waals surface area contributed by atoms with E-state index in [-0.39, 0.29) is 11.9 Å². The highest BCUT2D eigenvalue weighted by Gasteiger charge is 2.33. The largest absolute Gasteiger partial charge is 0.494 e. The monoisotopic (exact) mass is 457 g/mol. The number of hydrogen-bond donors (Lipinski definition) is 0. The second-order valence-electron chi connectivity index (χ2n) is 6.54. The van der Waals surface area contributed by atoms with Gasteiger partial charge in [-0.1, -0.05) is 51.8 Å². The van der Waals surface area contributed by atoms with Crippen molar-refractivity contribution in [3.8, 4) is 5.75 Å². The van der Waals surface area contributed by atoms with Crippen LogP contribution in [0.25, 0.3) is 10.9 Å². The molecule has 1 aliphatic heterocycles. The van der Waals surface area contributed by atoms with Gasteiger partial charge < -0.3 is 4.74 Å². The van der Waals surface area contributed by atoms with Crippen LogP contribution in [-0.2, 0) is 4.79 Å². The summed E-state index contributed by atoms with van der Waals surface area (Å²) in [5, 5.41) is 7.32. The van der Waals surface area contributed by atoms with Crippen LogP contribution in [0.4, 0.5) is 0 Å². The Labute approximate surface area is 176 Å². The number of methoxy groups -OCH3 is 1. The second-order valence-corrected chi connectivity index (χ2v) is 7.81. The maximum absolute atomic E-state index is 12.3. The molecule has 142 valence electrons. The highest BCUT2D eigenvalue weighted by atomic mass is 79.9. The SMILES string of the molecule is COc1cccc2cc([C@@H]3CC(c4cccc(Br)c4)=NN3C(C)=O)c(Cl)nc12. The van der Waals surface area contributed by atoms with Gasteiger partial charge in [-0.15, -0.1) is 0 Å². The zero-order chi connectivity index (χ0) is 19.8. The number of fused-ring (bicyclic) bond motifs is 1. The minimum atomic E-state index is -0.304. The molecule has 1 amide bonds. The molecule has 0 saturated heterocycles. The van der Waals surface area contributed by atoms with Crippen molar-refractivity contribution in [2.45, 2.75) is 19.4 Å². The number of para-hydroxylation sites is 1. The normalized spacial score (nSPS) is 16.4. The topological polar surface area (TPSA) is 54.8 Å². The van der Waals surface area contributed by atoms with Gasteiger partial charge in [-0.05, 0) is 29.8 Å². The van der Waals surface area contributed by atoms with Crippen LogP contribution in [0.5, 0.6) is 5.75 Å². The standard InChI is InChI=1S/C21H17BrClN3O2/c1-12(27)26-18(11-17(25-26)13-5-3-7-15(22)9-13)16-10-14-6-4-8-19(28-2)20(14)24-21(16)23/h3-10,18H,11H2,1-2H3/t18-/m0/s1. The van der Waals surface area contributed by atoms with Gasteiger partial charge in [0.15, 0.2) is 0 Å². The molecule has 0 N–H and O–H groups in total. The van der Waals surface area contributed by atoms with Gasteiger partial charge in [0.25, 0.3) is 0 Å². The summed E-state index contributed by atoms with van der Waals surface area (Å²) in [6.45, 7) is 1.51. The lowest BCUT2D eigenvalue weighted by molar-refractivity contribution is -0.130. The summed E-state index contributed by atoms with van der Waals surface area (Å²) in [5.74, 6) is 0.517. The summed E-state index contributed by atoms with van der Waals surface area (Å²) in [6.07, 6.45) is 0.562. The molecule has 0 bridgehead atoms. The lowest BCUT2D eigenvalue weighted by Gasteiger charge is -2.21.